The summed E-state index contributed by atoms with van der Waals surface area (Å²) >= 11 is 5.74. The molecule has 4 heteroatoms. The van der Waals surface area contributed by atoms with Crippen molar-refractivity contribution in [1.82, 2.24) is 0 Å². The van der Waals surface area contributed by atoms with Crippen LogP contribution in [0.3, 0.4) is 0 Å². The Morgan fingerprint density at radius 1 is 1.28 bits per heavy atom. The molecule has 2 unspecified atom stereocenters. The van der Waals surface area contributed by atoms with Crippen molar-refractivity contribution in [2.45, 2.75) is 32.3 Å². The third-order valence-electron chi connectivity index (χ3n) is 3.16. The van der Waals surface area contributed by atoms with Gasteiger partial charge in [-0.1, -0.05) is 18.5 Å². The molecular weight excluding hydrogens is 252 g/mol. The fourth-order valence-corrected chi connectivity index (χ4v) is 2.21. The average molecular weight is 267 g/mol. The van der Waals surface area contributed by atoms with Crippen molar-refractivity contribution in [3.8, 4) is 0 Å². The molecule has 0 radical (unpaired) electrons. The van der Waals surface area contributed by atoms with Gasteiger partial charge in [0.15, 0.2) is 11.9 Å². The van der Waals surface area contributed by atoms with Crippen LogP contribution in [0, 0.1) is 5.92 Å². The molecule has 0 amide bonds. The highest BCUT2D eigenvalue weighted by molar-refractivity contribution is 6.30. The van der Waals surface area contributed by atoms with E-state index in [0.29, 0.717) is 29.3 Å². The molecule has 0 aliphatic heterocycles. The van der Waals surface area contributed by atoms with Crippen LogP contribution >= 0.6 is 11.6 Å². The van der Waals surface area contributed by atoms with Crippen LogP contribution in [0.1, 0.15) is 36.5 Å². The zero-order valence-electron chi connectivity index (χ0n) is 10.2. The minimum atomic E-state index is -0.579. The zero-order chi connectivity index (χ0) is 13.1. The first-order chi connectivity index (χ1) is 8.56. The van der Waals surface area contributed by atoms with Gasteiger partial charge in [0.25, 0.3) is 0 Å². The number of hydrogen-bond acceptors (Lipinski definition) is 3. The monoisotopic (exact) mass is 266 g/mol. The molecule has 1 saturated carbocycles. The van der Waals surface area contributed by atoms with Crippen LogP contribution in [0.15, 0.2) is 24.3 Å². The van der Waals surface area contributed by atoms with Crippen molar-refractivity contribution in [3.05, 3.63) is 34.9 Å². The minimum absolute atomic E-state index is 0.0241. The van der Waals surface area contributed by atoms with Gasteiger partial charge in [-0.25, -0.2) is 4.79 Å². The van der Waals surface area contributed by atoms with E-state index in [1.54, 1.807) is 24.3 Å². The maximum atomic E-state index is 11.8. The molecule has 96 valence electrons. The molecule has 2 rings (SSSR count). The second-order valence-electron chi connectivity index (χ2n) is 4.75. The van der Waals surface area contributed by atoms with Crippen LogP contribution in [-0.4, -0.2) is 17.9 Å². The number of carbonyl (C=O) groups excluding carboxylic acids is 2. The zero-order valence-corrected chi connectivity index (χ0v) is 10.9. The quantitative estimate of drug-likeness (QED) is 0.772. The van der Waals surface area contributed by atoms with Gasteiger partial charge in [0.2, 0.25) is 0 Å². The summed E-state index contributed by atoms with van der Waals surface area (Å²) in [4.78, 5) is 23.6. The topological polar surface area (TPSA) is 43.4 Å². The number of rotatable bonds is 2. The summed E-state index contributed by atoms with van der Waals surface area (Å²) in [6.07, 6.45) is 1.46. The van der Waals surface area contributed by atoms with Crippen LogP contribution < -0.4 is 0 Å². The van der Waals surface area contributed by atoms with Gasteiger partial charge in [0, 0.05) is 11.4 Å². The first kappa shape index (κ1) is 13.1. The van der Waals surface area contributed by atoms with Gasteiger partial charge in [-0.3, -0.25) is 4.79 Å². The van der Waals surface area contributed by atoms with Crippen molar-refractivity contribution in [2.75, 3.05) is 0 Å². The van der Waals surface area contributed by atoms with Gasteiger partial charge in [0.1, 0.15) is 0 Å². The van der Waals surface area contributed by atoms with Gasteiger partial charge in [0.05, 0.1) is 5.56 Å². The Morgan fingerprint density at radius 3 is 2.56 bits per heavy atom. The molecule has 2 atom stereocenters. The van der Waals surface area contributed by atoms with Crippen molar-refractivity contribution in [2.24, 2.45) is 5.92 Å². The maximum Gasteiger partial charge on any atom is 0.338 e. The molecule has 18 heavy (non-hydrogen) atoms. The van der Waals surface area contributed by atoms with E-state index < -0.39 is 12.1 Å². The van der Waals surface area contributed by atoms with E-state index in [1.807, 2.05) is 6.92 Å². The molecule has 3 nitrogen and oxygen atoms in total. The Balaban J connectivity index is 1.99. The van der Waals surface area contributed by atoms with Crippen LogP contribution in [0.25, 0.3) is 0 Å². The Kier molecular flexibility index (Phi) is 4.02. The Hall–Kier alpha value is -1.35. The summed E-state index contributed by atoms with van der Waals surface area (Å²) in [6.45, 7) is 2.04. The fraction of sp³-hybridized carbons (Fsp3) is 0.429. The predicted molar refractivity (Wildman–Crippen MR) is 68.7 cm³/mol. The highest BCUT2D eigenvalue weighted by Gasteiger charge is 2.29. The summed E-state index contributed by atoms with van der Waals surface area (Å²) in [7, 11) is 0. The molecule has 0 aromatic heterocycles. The molecule has 1 fully saturated rings. The number of benzene rings is 1. The lowest BCUT2D eigenvalue weighted by atomic mass is 9.88. The standard InChI is InChI=1S/C14H15ClO3/c1-9-2-7-13(12(16)8-9)18-14(17)10-3-5-11(15)6-4-10/h3-6,9,13H,2,7-8H2,1H3. The summed E-state index contributed by atoms with van der Waals surface area (Å²) in [6, 6.07) is 6.45. The number of Topliss-reactive ketones (excluding diaryl/α,β-unsaturated/α-hetero) is 1. The summed E-state index contributed by atoms with van der Waals surface area (Å²) in [5.74, 6) is -0.0429. The van der Waals surface area contributed by atoms with Crippen LogP contribution in [0.4, 0.5) is 0 Å². The van der Waals surface area contributed by atoms with Crippen LogP contribution in [0.2, 0.25) is 5.02 Å². The molecule has 1 aromatic rings. The van der Waals surface area contributed by atoms with Gasteiger partial charge >= 0.3 is 5.97 Å². The van der Waals surface area contributed by atoms with E-state index in [2.05, 4.69) is 0 Å². The fourth-order valence-electron chi connectivity index (χ4n) is 2.08. The van der Waals surface area contributed by atoms with E-state index in [4.69, 9.17) is 16.3 Å². The summed E-state index contributed by atoms with van der Waals surface area (Å²) in [5.41, 5.74) is 0.422. The third kappa shape index (κ3) is 3.10. The lowest BCUT2D eigenvalue weighted by Crippen LogP contribution is -2.32. The van der Waals surface area contributed by atoms with E-state index in [1.165, 1.54) is 0 Å². The number of carbonyl (C=O) groups is 2. The minimum Gasteiger partial charge on any atom is -0.451 e. The average Bonchev–Trinajstić information content (AvgIpc) is 2.33. The lowest BCUT2D eigenvalue weighted by molar-refractivity contribution is -0.131. The molecular formula is C14H15ClO3. The van der Waals surface area contributed by atoms with Crippen molar-refractivity contribution in [3.63, 3.8) is 0 Å². The van der Waals surface area contributed by atoms with Crippen molar-refractivity contribution < 1.29 is 14.3 Å². The van der Waals surface area contributed by atoms with Gasteiger partial charge in [-0.2, -0.15) is 0 Å². The number of esters is 1. The lowest BCUT2D eigenvalue weighted by Gasteiger charge is -2.24. The molecule has 0 bridgehead atoms. The number of ketones is 1. The van der Waals surface area contributed by atoms with E-state index in [0.717, 1.165) is 6.42 Å². The second-order valence-corrected chi connectivity index (χ2v) is 5.19. The molecule has 0 saturated heterocycles. The summed E-state index contributed by atoms with van der Waals surface area (Å²) < 4.78 is 5.25. The van der Waals surface area contributed by atoms with E-state index in [9.17, 15) is 9.59 Å². The molecule has 0 spiro atoms. The number of ether oxygens (including phenoxy) is 1. The summed E-state index contributed by atoms with van der Waals surface area (Å²) in [5, 5.41) is 0.564. The highest BCUT2D eigenvalue weighted by atomic mass is 35.5. The number of hydrogen-bond donors (Lipinski definition) is 0. The Labute approximate surface area is 111 Å². The smallest absolute Gasteiger partial charge is 0.338 e. The SMILES string of the molecule is CC1CCC(OC(=O)c2ccc(Cl)cc2)C(=O)C1. The van der Waals surface area contributed by atoms with Crippen molar-refractivity contribution >= 4 is 23.4 Å². The van der Waals surface area contributed by atoms with Gasteiger partial charge in [-0.05, 0) is 43.0 Å². The first-order valence-corrected chi connectivity index (χ1v) is 6.43. The Morgan fingerprint density at radius 2 is 1.94 bits per heavy atom. The van der Waals surface area contributed by atoms with Crippen LogP contribution in [-0.2, 0) is 9.53 Å². The third-order valence-corrected chi connectivity index (χ3v) is 3.41. The van der Waals surface area contributed by atoms with Gasteiger partial charge in [-0.15, -0.1) is 0 Å². The van der Waals surface area contributed by atoms with E-state index >= 15 is 0 Å². The predicted octanol–water partition coefficient (Wildman–Crippen LogP) is 3.25. The first-order valence-electron chi connectivity index (χ1n) is 6.05. The van der Waals surface area contributed by atoms with E-state index in [-0.39, 0.29) is 5.78 Å². The molecule has 0 N–H and O–H groups in total. The molecule has 1 aliphatic rings. The Bertz CT molecular complexity index is 453. The molecule has 1 aromatic carbocycles. The van der Waals surface area contributed by atoms with Crippen LogP contribution in [0.5, 0.6) is 0 Å². The largest absolute Gasteiger partial charge is 0.451 e. The second kappa shape index (κ2) is 5.53. The molecule has 1 aliphatic carbocycles. The normalized spacial score (nSPS) is 23.8. The van der Waals surface area contributed by atoms with Crippen molar-refractivity contribution in [1.29, 1.82) is 0 Å². The number of halogens is 1. The van der Waals surface area contributed by atoms with Gasteiger partial charge < -0.3 is 4.74 Å². The molecule has 0 heterocycles. The maximum absolute atomic E-state index is 11.8. The highest BCUT2D eigenvalue weighted by Crippen LogP contribution is 2.23.